The molecule has 2 aromatic carbocycles. The van der Waals surface area contributed by atoms with Crippen LogP contribution in [0.15, 0.2) is 42.5 Å². The zero-order chi connectivity index (χ0) is 16.1. The molecule has 0 fully saturated rings. The van der Waals surface area contributed by atoms with Crippen molar-refractivity contribution in [3.8, 4) is 11.5 Å². The molecule has 0 amide bonds. The van der Waals surface area contributed by atoms with Crippen molar-refractivity contribution in [2.45, 2.75) is 0 Å². The van der Waals surface area contributed by atoms with E-state index in [1.165, 1.54) is 37.4 Å². The van der Waals surface area contributed by atoms with Gasteiger partial charge < -0.3 is 14.6 Å². The van der Waals surface area contributed by atoms with Crippen LogP contribution in [0.5, 0.6) is 11.5 Å². The van der Waals surface area contributed by atoms with Gasteiger partial charge in [0, 0.05) is 0 Å². The number of benzene rings is 2. The third-order valence-corrected chi connectivity index (χ3v) is 2.90. The second-order valence-electron chi connectivity index (χ2n) is 4.39. The Morgan fingerprint density at radius 2 is 1.82 bits per heavy atom. The van der Waals surface area contributed by atoms with Gasteiger partial charge in [-0.25, -0.2) is 9.18 Å². The number of carbonyl (C=O) groups excluding carboxylic acids is 2. The zero-order valence-corrected chi connectivity index (χ0v) is 11.7. The summed E-state index contributed by atoms with van der Waals surface area (Å²) < 4.78 is 23.1. The van der Waals surface area contributed by atoms with E-state index in [0.717, 1.165) is 12.1 Å². The lowest BCUT2D eigenvalue weighted by Crippen LogP contribution is -2.15. The average Bonchev–Trinajstić information content (AvgIpc) is 2.53. The lowest BCUT2D eigenvalue weighted by atomic mass is 10.1. The second-order valence-corrected chi connectivity index (χ2v) is 4.39. The van der Waals surface area contributed by atoms with Gasteiger partial charge in [0.05, 0.1) is 18.2 Å². The minimum Gasteiger partial charge on any atom is -0.508 e. The van der Waals surface area contributed by atoms with Crippen LogP contribution in [0.4, 0.5) is 4.39 Å². The van der Waals surface area contributed by atoms with Crippen LogP contribution in [0.3, 0.4) is 0 Å². The summed E-state index contributed by atoms with van der Waals surface area (Å²) in [6.45, 7) is -0.542. The summed E-state index contributed by atoms with van der Waals surface area (Å²) in [7, 11) is 1.35. The van der Waals surface area contributed by atoms with Gasteiger partial charge >= 0.3 is 5.97 Å². The Kier molecular flexibility index (Phi) is 4.73. The molecular weight excluding hydrogens is 291 g/mol. The molecule has 0 aromatic heterocycles. The third kappa shape index (κ3) is 3.60. The Bertz CT molecular complexity index is 694. The molecule has 0 radical (unpaired) electrons. The molecule has 0 saturated carbocycles. The van der Waals surface area contributed by atoms with Crippen LogP contribution in [0, 0.1) is 5.82 Å². The Morgan fingerprint density at radius 3 is 2.45 bits per heavy atom. The highest BCUT2D eigenvalue weighted by Crippen LogP contribution is 2.20. The molecular formula is C16H13FO5. The smallest absolute Gasteiger partial charge is 0.338 e. The first-order valence-corrected chi connectivity index (χ1v) is 6.34. The monoisotopic (exact) mass is 304 g/mol. The summed E-state index contributed by atoms with van der Waals surface area (Å²) in [5, 5.41) is 9.13. The lowest BCUT2D eigenvalue weighted by molar-refractivity contribution is 0.0474. The number of ketones is 1. The fourth-order valence-electron chi connectivity index (χ4n) is 1.79. The van der Waals surface area contributed by atoms with Crippen LogP contribution in [0.25, 0.3) is 0 Å². The first-order chi connectivity index (χ1) is 10.5. The highest BCUT2D eigenvalue weighted by molar-refractivity contribution is 6.01. The SMILES string of the molecule is COc1ccc(F)cc1C(=O)COC(=O)c1ccc(O)cc1. The Labute approximate surface area is 125 Å². The quantitative estimate of drug-likeness (QED) is 0.679. The number of carbonyl (C=O) groups is 2. The van der Waals surface area contributed by atoms with Gasteiger partial charge in [-0.15, -0.1) is 0 Å². The van der Waals surface area contributed by atoms with E-state index < -0.39 is 24.2 Å². The van der Waals surface area contributed by atoms with Crippen molar-refractivity contribution in [1.29, 1.82) is 0 Å². The Morgan fingerprint density at radius 1 is 1.14 bits per heavy atom. The molecule has 2 aromatic rings. The summed E-state index contributed by atoms with van der Waals surface area (Å²) in [4.78, 5) is 23.8. The largest absolute Gasteiger partial charge is 0.508 e. The highest BCUT2D eigenvalue weighted by Gasteiger charge is 2.16. The van der Waals surface area contributed by atoms with Gasteiger partial charge in [0.1, 0.15) is 17.3 Å². The summed E-state index contributed by atoms with van der Waals surface area (Å²) >= 11 is 0. The summed E-state index contributed by atoms with van der Waals surface area (Å²) in [6.07, 6.45) is 0. The fraction of sp³-hybridized carbons (Fsp3) is 0.125. The number of Topliss-reactive ketones (excluding diaryl/α,β-unsaturated/α-hetero) is 1. The van der Waals surface area contributed by atoms with Crippen molar-refractivity contribution < 1.29 is 28.6 Å². The normalized spacial score (nSPS) is 10.1. The predicted molar refractivity (Wildman–Crippen MR) is 75.7 cm³/mol. The van der Waals surface area contributed by atoms with Gasteiger partial charge in [0.25, 0.3) is 0 Å². The number of aromatic hydroxyl groups is 1. The van der Waals surface area contributed by atoms with E-state index in [9.17, 15) is 14.0 Å². The molecule has 0 aliphatic carbocycles. The Hall–Kier alpha value is -2.89. The molecule has 0 saturated heterocycles. The van der Waals surface area contributed by atoms with Gasteiger partial charge in [0.15, 0.2) is 6.61 Å². The van der Waals surface area contributed by atoms with Gasteiger partial charge in [-0.2, -0.15) is 0 Å². The van der Waals surface area contributed by atoms with Gasteiger partial charge in [-0.05, 0) is 42.5 Å². The number of halogens is 1. The minimum absolute atomic E-state index is 0.000932. The lowest BCUT2D eigenvalue weighted by Gasteiger charge is -2.08. The molecule has 0 aliphatic heterocycles. The van der Waals surface area contributed by atoms with Crippen molar-refractivity contribution in [1.82, 2.24) is 0 Å². The molecule has 114 valence electrons. The van der Waals surface area contributed by atoms with E-state index in [4.69, 9.17) is 14.6 Å². The summed E-state index contributed by atoms with van der Waals surface area (Å²) in [6, 6.07) is 8.90. The number of phenolic OH excluding ortho intramolecular Hbond substituents is 1. The van der Waals surface area contributed by atoms with E-state index in [2.05, 4.69) is 0 Å². The summed E-state index contributed by atoms with van der Waals surface area (Å²) in [5.41, 5.74) is 0.192. The van der Waals surface area contributed by atoms with Crippen molar-refractivity contribution in [2.24, 2.45) is 0 Å². The zero-order valence-electron chi connectivity index (χ0n) is 11.7. The maximum atomic E-state index is 13.2. The molecule has 0 bridgehead atoms. The highest BCUT2D eigenvalue weighted by atomic mass is 19.1. The molecule has 22 heavy (non-hydrogen) atoms. The molecule has 0 spiro atoms. The van der Waals surface area contributed by atoms with Gasteiger partial charge in [0.2, 0.25) is 5.78 Å². The molecule has 5 nitrogen and oxygen atoms in total. The number of hydrogen-bond donors (Lipinski definition) is 1. The number of phenols is 1. The van der Waals surface area contributed by atoms with Gasteiger partial charge in [-0.3, -0.25) is 4.79 Å². The van der Waals surface area contributed by atoms with Crippen LogP contribution in [-0.4, -0.2) is 30.6 Å². The first-order valence-electron chi connectivity index (χ1n) is 6.34. The second kappa shape index (κ2) is 6.71. The maximum absolute atomic E-state index is 13.2. The van der Waals surface area contributed by atoms with Crippen LogP contribution in [0.1, 0.15) is 20.7 Å². The van der Waals surface area contributed by atoms with Crippen LogP contribution in [0.2, 0.25) is 0 Å². The van der Waals surface area contributed by atoms with Crippen molar-refractivity contribution in [3.05, 3.63) is 59.4 Å². The molecule has 6 heteroatoms. The van der Waals surface area contributed by atoms with E-state index in [1.807, 2.05) is 0 Å². The topological polar surface area (TPSA) is 72.8 Å². The number of rotatable bonds is 5. The van der Waals surface area contributed by atoms with Crippen molar-refractivity contribution in [3.63, 3.8) is 0 Å². The molecule has 0 aliphatic rings. The molecule has 2 rings (SSSR count). The van der Waals surface area contributed by atoms with Gasteiger partial charge in [-0.1, -0.05) is 0 Å². The van der Waals surface area contributed by atoms with E-state index in [1.54, 1.807) is 0 Å². The first kappa shape index (κ1) is 15.5. The van der Waals surface area contributed by atoms with Crippen molar-refractivity contribution >= 4 is 11.8 Å². The maximum Gasteiger partial charge on any atom is 0.338 e. The van der Waals surface area contributed by atoms with E-state index in [0.29, 0.717) is 0 Å². The summed E-state index contributed by atoms with van der Waals surface area (Å²) in [5.74, 6) is -1.68. The van der Waals surface area contributed by atoms with Crippen LogP contribution in [-0.2, 0) is 4.74 Å². The molecule has 0 atom stereocenters. The predicted octanol–water partition coefficient (Wildman–Crippen LogP) is 2.58. The number of hydrogen-bond acceptors (Lipinski definition) is 5. The Balaban J connectivity index is 2.05. The van der Waals surface area contributed by atoms with Crippen molar-refractivity contribution in [2.75, 3.05) is 13.7 Å². The van der Waals surface area contributed by atoms with E-state index >= 15 is 0 Å². The average molecular weight is 304 g/mol. The fourth-order valence-corrected chi connectivity index (χ4v) is 1.79. The minimum atomic E-state index is -0.719. The number of ether oxygens (including phenoxy) is 2. The van der Waals surface area contributed by atoms with Crippen LogP contribution < -0.4 is 4.74 Å². The number of methoxy groups -OCH3 is 1. The van der Waals surface area contributed by atoms with E-state index in [-0.39, 0.29) is 22.6 Å². The standard InChI is InChI=1S/C16H13FO5/c1-21-15-7-4-11(17)8-13(15)14(19)9-22-16(20)10-2-5-12(18)6-3-10/h2-8,18H,9H2,1H3. The molecule has 0 unspecified atom stereocenters. The van der Waals surface area contributed by atoms with Crippen LogP contribution >= 0.6 is 0 Å². The molecule has 0 heterocycles. The number of esters is 1. The molecule has 1 N–H and O–H groups in total. The third-order valence-electron chi connectivity index (χ3n) is 2.90.